The summed E-state index contributed by atoms with van der Waals surface area (Å²) in [6, 6.07) is 4.74. The summed E-state index contributed by atoms with van der Waals surface area (Å²) in [4.78, 5) is 53.7. The summed E-state index contributed by atoms with van der Waals surface area (Å²) < 4.78 is 58.2. The Labute approximate surface area is 255 Å². The maximum absolute atomic E-state index is 15.6. The van der Waals surface area contributed by atoms with Gasteiger partial charge in [0.25, 0.3) is 0 Å². The van der Waals surface area contributed by atoms with Crippen molar-refractivity contribution >= 4 is 34.9 Å². The molecule has 15 heteroatoms. The molecule has 2 atom stereocenters. The fourth-order valence-corrected chi connectivity index (χ4v) is 6.40. The lowest BCUT2D eigenvalue weighted by atomic mass is 9.95. The molecule has 2 aromatic heterocycles. The Bertz CT molecular complexity index is 1720. The molecule has 6 rings (SSSR count). The predicted octanol–water partition coefficient (Wildman–Crippen LogP) is 3.19. The molecule has 3 aromatic rings. The van der Waals surface area contributed by atoms with Crippen LogP contribution >= 0.6 is 0 Å². The zero-order valence-corrected chi connectivity index (χ0v) is 24.8. The van der Waals surface area contributed by atoms with Crippen LogP contribution in [-0.4, -0.2) is 75.1 Å². The number of halogens is 4. The van der Waals surface area contributed by atoms with Crippen molar-refractivity contribution in [3.8, 4) is 0 Å². The second-order valence-corrected chi connectivity index (χ2v) is 11.6. The van der Waals surface area contributed by atoms with E-state index < -0.39 is 41.3 Å². The first-order valence-electron chi connectivity index (χ1n) is 14.3. The van der Waals surface area contributed by atoms with Gasteiger partial charge in [0.1, 0.15) is 23.5 Å². The number of amides is 3. The molecule has 3 amide bonds. The Balaban J connectivity index is 1.36. The number of fused-ring (bicyclic) bond motifs is 2. The topological polar surface area (TPSA) is 108 Å². The highest BCUT2D eigenvalue weighted by Gasteiger charge is 2.49. The first-order chi connectivity index (χ1) is 21.3. The van der Waals surface area contributed by atoms with Gasteiger partial charge in [0.05, 0.1) is 29.4 Å². The van der Waals surface area contributed by atoms with Crippen LogP contribution in [0.1, 0.15) is 35.2 Å². The summed E-state index contributed by atoms with van der Waals surface area (Å²) in [6.07, 6.45) is -3.61. The Kier molecular flexibility index (Phi) is 7.36. The lowest BCUT2D eigenvalue weighted by Crippen LogP contribution is -2.52. The highest BCUT2D eigenvalue weighted by molar-refractivity contribution is 6.10. The van der Waals surface area contributed by atoms with Crippen molar-refractivity contribution in [1.82, 2.24) is 24.6 Å². The molecule has 3 aliphatic rings. The predicted molar refractivity (Wildman–Crippen MR) is 155 cm³/mol. The van der Waals surface area contributed by atoms with E-state index in [1.807, 2.05) is 0 Å². The van der Waals surface area contributed by atoms with Gasteiger partial charge in [-0.25, -0.2) is 14.4 Å². The van der Waals surface area contributed by atoms with E-state index in [-0.39, 0.29) is 54.2 Å². The third-order valence-electron chi connectivity index (χ3n) is 8.53. The van der Waals surface area contributed by atoms with Gasteiger partial charge in [-0.1, -0.05) is 12.6 Å². The number of benzene rings is 1. The van der Waals surface area contributed by atoms with E-state index in [2.05, 4.69) is 16.7 Å². The third kappa shape index (κ3) is 5.29. The number of likely N-dealkylation sites (N-methyl/N-ethyl adjacent to an activating group) is 1. The van der Waals surface area contributed by atoms with Crippen molar-refractivity contribution in [2.45, 2.75) is 38.0 Å². The van der Waals surface area contributed by atoms with Crippen molar-refractivity contribution < 1.29 is 31.9 Å². The van der Waals surface area contributed by atoms with Gasteiger partial charge < -0.3 is 14.7 Å². The third-order valence-corrected chi connectivity index (χ3v) is 8.53. The molecule has 0 saturated carbocycles. The van der Waals surface area contributed by atoms with Gasteiger partial charge in [-0.3, -0.25) is 24.0 Å². The number of rotatable bonds is 5. The summed E-state index contributed by atoms with van der Waals surface area (Å²) in [7, 11) is 3.17. The molecule has 0 N–H and O–H groups in total. The molecule has 45 heavy (non-hydrogen) atoms. The summed E-state index contributed by atoms with van der Waals surface area (Å²) in [5, 5.41) is 4.54. The second kappa shape index (κ2) is 11.0. The lowest BCUT2D eigenvalue weighted by Gasteiger charge is -2.38. The molecule has 0 aliphatic carbocycles. The first-order valence-corrected chi connectivity index (χ1v) is 14.3. The highest BCUT2D eigenvalue weighted by atomic mass is 19.4. The monoisotopic (exact) mass is 626 g/mol. The summed E-state index contributed by atoms with van der Waals surface area (Å²) in [5.41, 5.74) is -0.606. The van der Waals surface area contributed by atoms with E-state index >= 15 is 4.39 Å². The Morgan fingerprint density at radius 3 is 2.53 bits per heavy atom. The molecular weight excluding hydrogens is 596 g/mol. The molecular formula is C30H30F4N8O3. The van der Waals surface area contributed by atoms with Gasteiger partial charge in [-0.05, 0) is 37.3 Å². The van der Waals surface area contributed by atoms with Gasteiger partial charge in [0, 0.05) is 51.8 Å². The molecule has 2 fully saturated rings. The molecule has 0 radical (unpaired) electrons. The van der Waals surface area contributed by atoms with E-state index in [9.17, 15) is 27.6 Å². The maximum atomic E-state index is 15.6. The fraction of sp³-hybridized carbons (Fsp3) is 0.400. The molecule has 0 spiro atoms. The van der Waals surface area contributed by atoms with Crippen LogP contribution < -0.4 is 14.7 Å². The fourth-order valence-electron chi connectivity index (χ4n) is 6.40. The lowest BCUT2D eigenvalue weighted by molar-refractivity contribution is -0.137. The number of carbonyl (C=O) groups excluding carboxylic acids is 3. The average molecular weight is 627 g/mol. The number of hydrogen-bond acceptors (Lipinski definition) is 7. The minimum absolute atomic E-state index is 0.0109. The first kappa shape index (κ1) is 30.2. The van der Waals surface area contributed by atoms with Crippen molar-refractivity contribution in [3.63, 3.8) is 0 Å². The Morgan fingerprint density at radius 1 is 1.11 bits per heavy atom. The van der Waals surface area contributed by atoms with Crippen LogP contribution in [0.5, 0.6) is 0 Å². The van der Waals surface area contributed by atoms with Crippen molar-refractivity contribution in [2.24, 2.45) is 13.0 Å². The number of nitrogens with zero attached hydrogens (tertiary/aromatic N) is 8. The van der Waals surface area contributed by atoms with Gasteiger partial charge in [-0.2, -0.15) is 18.3 Å². The van der Waals surface area contributed by atoms with Crippen molar-refractivity contribution in [2.75, 3.05) is 41.4 Å². The van der Waals surface area contributed by atoms with Gasteiger partial charge in [0.2, 0.25) is 17.7 Å². The number of likely N-dealkylation sites (tertiary alicyclic amines) is 1. The van der Waals surface area contributed by atoms with Crippen molar-refractivity contribution in [3.05, 3.63) is 71.7 Å². The normalized spacial score (nSPS) is 20.5. The molecule has 0 bridgehead atoms. The molecule has 5 heterocycles. The molecule has 2 saturated heterocycles. The van der Waals surface area contributed by atoms with E-state index in [1.54, 1.807) is 27.6 Å². The largest absolute Gasteiger partial charge is 0.416 e. The zero-order chi connectivity index (χ0) is 32.4. The number of alkyl halides is 3. The maximum Gasteiger partial charge on any atom is 0.416 e. The van der Waals surface area contributed by atoms with Gasteiger partial charge >= 0.3 is 6.18 Å². The molecule has 3 aliphatic heterocycles. The quantitative estimate of drug-likeness (QED) is 0.316. The molecule has 0 unspecified atom stereocenters. The van der Waals surface area contributed by atoms with E-state index in [4.69, 9.17) is 4.98 Å². The van der Waals surface area contributed by atoms with E-state index in [0.717, 1.165) is 17.0 Å². The summed E-state index contributed by atoms with van der Waals surface area (Å²) in [5.74, 6) is -1.94. The standard InChI is InChI=1S/C30H30F4N8O3/c1-5-24(43)40-13-18(14-40)28-36-22(37-39(28)4)15-41-12-17-10-25(44)42(23-11-19(30(32,33)34)9-16(2)35-23)26(17)29(45)38(3)21-8-6-7-20(31)27(21)41/h5-9,11,17-18,26H,1,10,12-15H2,2-4H3/t17-,26+/m1/s1. The molecule has 236 valence electrons. The van der Waals surface area contributed by atoms with E-state index in [1.165, 1.54) is 37.1 Å². The van der Waals surface area contributed by atoms with Crippen LogP contribution in [0.4, 0.5) is 34.8 Å². The highest BCUT2D eigenvalue weighted by Crippen LogP contribution is 2.42. The van der Waals surface area contributed by atoms with Crippen molar-refractivity contribution in [1.29, 1.82) is 0 Å². The minimum atomic E-state index is -4.69. The van der Waals surface area contributed by atoms with Crippen LogP contribution in [0, 0.1) is 18.7 Å². The van der Waals surface area contributed by atoms with Crippen LogP contribution in [0.3, 0.4) is 0 Å². The smallest absolute Gasteiger partial charge is 0.359 e. The number of hydrogen-bond donors (Lipinski definition) is 0. The number of carbonyl (C=O) groups is 3. The summed E-state index contributed by atoms with van der Waals surface area (Å²) >= 11 is 0. The molecule has 11 nitrogen and oxygen atoms in total. The second-order valence-electron chi connectivity index (χ2n) is 11.6. The number of aromatic nitrogens is 4. The van der Waals surface area contributed by atoms with Gasteiger partial charge in [0.15, 0.2) is 5.82 Å². The van der Waals surface area contributed by atoms with Crippen LogP contribution in [0.2, 0.25) is 0 Å². The van der Waals surface area contributed by atoms with Gasteiger partial charge in [-0.15, -0.1) is 0 Å². The SMILES string of the molecule is C=CC(=O)N1CC(c2nc(CN3C[C@H]4CC(=O)N(c5cc(C(F)(F)F)cc(C)n5)[C@@H]4C(=O)N(C)c4cccc(F)c43)nn2C)C1. The summed E-state index contributed by atoms with van der Waals surface area (Å²) in [6.45, 7) is 5.83. The number of para-hydroxylation sites is 1. The number of anilines is 3. The number of aryl methyl sites for hydroxylation is 2. The number of pyridine rings is 1. The van der Waals surface area contributed by atoms with Crippen LogP contribution in [0.25, 0.3) is 0 Å². The molecule has 1 aromatic carbocycles. The Hall–Kier alpha value is -4.82. The van der Waals surface area contributed by atoms with Crippen LogP contribution in [0.15, 0.2) is 43.0 Å². The zero-order valence-electron chi connectivity index (χ0n) is 24.8. The minimum Gasteiger partial charge on any atom is -0.359 e. The van der Waals surface area contributed by atoms with Crippen LogP contribution in [-0.2, 0) is 34.2 Å². The Morgan fingerprint density at radius 2 is 1.84 bits per heavy atom. The van der Waals surface area contributed by atoms with E-state index in [0.29, 0.717) is 24.7 Å². The average Bonchev–Trinajstić information content (AvgIpc) is 3.47.